The Morgan fingerprint density at radius 1 is 0.686 bits per heavy atom. The largest absolute Gasteiger partial charge is 0.472 e. The molecule has 0 fully saturated rings. The molecule has 0 aromatic heterocycles. The maximum absolute atomic E-state index is 12.5. The molecule has 1 unspecified atom stereocenters. The van der Waals surface area contributed by atoms with Crippen LogP contribution in [0.5, 0.6) is 0 Å². The third kappa shape index (κ3) is 34.7. The van der Waals surface area contributed by atoms with Crippen molar-refractivity contribution in [1.29, 1.82) is 0 Å². The van der Waals surface area contributed by atoms with Crippen LogP contribution in [0, 0.1) is 0 Å². The predicted molar refractivity (Wildman–Crippen MR) is 204 cm³/mol. The van der Waals surface area contributed by atoms with Crippen molar-refractivity contribution < 1.29 is 47.8 Å². The number of phosphoric ester groups is 1. The number of aliphatic hydroxyl groups is 2. The fourth-order valence-corrected chi connectivity index (χ4v) is 5.71. The highest BCUT2D eigenvalue weighted by Crippen LogP contribution is 2.43. The Labute approximate surface area is 308 Å². The number of ether oxygens (including phenoxy) is 2. The summed E-state index contributed by atoms with van der Waals surface area (Å²) in [6.45, 7) is 3.35. The van der Waals surface area contributed by atoms with E-state index in [-0.39, 0.29) is 32.6 Å². The van der Waals surface area contributed by atoms with E-state index in [1.807, 2.05) is 6.08 Å². The number of unbranched alkanes of at least 4 members (excludes halogenated alkanes) is 13. The fraction of sp³-hybridized carbons (Fsp3) is 0.744. The highest BCUT2D eigenvalue weighted by molar-refractivity contribution is 7.47. The lowest BCUT2D eigenvalue weighted by Gasteiger charge is -2.20. The van der Waals surface area contributed by atoms with Gasteiger partial charge in [0.25, 0.3) is 0 Å². The van der Waals surface area contributed by atoms with Crippen molar-refractivity contribution in [1.82, 2.24) is 0 Å². The van der Waals surface area contributed by atoms with E-state index < -0.39 is 44.7 Å². The van der Waals surface area contributed by atoms with Crippen molar-refractivity contribution in [3.63, 3.8) is 0 Å². The van der Waals surface area contributed by atoms with E-state index in [0.29, 0.717) is 25.7 Å². The molecule has 0 aromatic carbocycles. The Hall–Kier alpha value is -2.11. The summed E-state index contributed by atoms with van der Waals surface area (Å²) >= 11 is 0. The zero-order valence-electron chi connectivity index (χ0n) is 31.5. The van der Waals surface area contributed by atoms with Gasteiger partial charge in [-0.2, -0.15) is 0 Å². The van der Waals surface area contributed by atoms with E-state index >= 15 is 0 Å². The average molecular weight is 744 g/mol. The van der Waals surface area contributed by atoms with Crippen LogP contribution in [0.1, 0.15) is 142 Å². The van der Waals surface area contributed by atoms with Crippen LogP contribution in [0.4, 0.5) is 0 Å². The monoisotopic (exact) mass is 743 g/mol. The zero-order valence-corrected chi connectivity index (χ0v) is 32.4. The minimum Gasteiger partial charge on any atom is -0.462 e. The number of nitrogens with two attached hydrogens (primary N) is 1. The van der Waals surface area contributed by atoms with E-state index in [2.05, 4.69) is 19.9 Å². The van der Waals surface area contributed by atoms with Crippen LogP contribution in [-0.4, -0.2) is 71.7 Å². The van der Waals surface area contributed by atoms with Crippen LogP contribution in [0.25, 0.3) is 0 Å². The third-order valence-electron chi connectivity index (χ3n) is 7.91. The predicted octanol–water partition coefficient (Wildman–Crippen LogP) is 8.32. The first-order chi connectivity index (χ1) is 24.6. The van der Waals surface area contributed by atoms with Gasteiger partial charge in [0.05, 0.1) is 25.4 Å². The average Bonchev–Trinajstić information content (AvgIpc) is 3.10. The van der Waals surface area contributed by atoms with Crippen LogP contribution < -0.4 is 5.73 Å². The van der Waals surface area contributed by atoms with Gasteiger partial charge in [0.15, 0.2) is 6.10 Å². The first-order valence-corrected chi connectivity index (χ1v) is 20.8. The molecule has 51 heavy (non-hydrogen) atoms. The van der Waals surface area contributed by atoms with Crippen molar-refractivity contribution in [2.24, 2.45) is 5.73 Å². The molecule has 0 aliphatic carbocycles. The molecule has 0 aliphatic heterocycles. The summed E-state index contributed by atoms with van der Waals surface area (Å²) < 4.78 is 32.4. The van der Waals surface area contributed by atoms with Crippen molar-refractivity contribution in [3.8, 4) is 0 Å². The topological polar surface area (TPSA) is 175 Å². The second kappa shape index (κ2) is 34.9. The van der Waals surface area contributed by atoms with Crippen molar-refractivity contribution >= 4 is 19.8 Å². The quantitative estimate of drug-likeness (QED) is 0.0162. The first-order valence-electron chi connectivity index (χ1n) is 19.3. The van der Waals surface area contributed by atoms with Crippen molar-refractivity contribution in [2.75, 3.05) is 26.4 Å². The summed E-state index contributed by atoms with van der Waals surface area (Å²) in [5.41, 5.74) is 5.31. The molecule has 4 atom stereocenters. The number of esters is 2. The molecule has 0 heterocycles. The lowest BCUT2D eigenvalue weighted by atomic mass is 10.1. The van der Waals surface area contributed by atoms with Gasteiger partial charge >= 0.3 is 19.8 Å². The van der Waals surface area contributed by atoms with Gasteiger partial charge in [0.2, 0.25) is 0 Å². The fourth-order valence-electron chi connectivity index (χ4n) is 4.94. The summed E-state index contributed by atoms with van der Waals surface area (Å²) in [6, 6.07) is 0. The van der Waals surface area contributed by atoms with Gasteiger partial charge in [-0.1, -0.05) is 140 Å². The number of aliphatic hydroxyl groups excluding tert-OH is 2. The number of hydrogen-bond donors (Lipinski definition) is 4. The number of rotatable bonds is 35. The molecule has 0 aliphatic rings. The van der Waals surface area contributed by atoms with Crippen LogP contribution in [0.15, 0.2) is 48.6 Å². The van der Waals surface area contributed by atoms with Crippen LogP contribution in [0.2, 0.25) is 0 Å². The number of phosphoric acid groups is 1. The van der Waals surface area contributed by atoms with Gasteiger partial charge in [-0.25, -0.2) is 4.57 Å². The van der Waals surface area contributed by atoms with Crippen LogP contribution in [-0.2, 0) is 32.7 Å². The standard InChI is InChI=1S/C39H70NO10P/c1-3-5-7-9-11-12-13-14-15-17-23-29-38(43)47-33-37(34-49-51(45,46)48-32-31-40)50-39(44)30-24-28-36(42)27-22-19-18-21-26-35(41)25-20-16-10-8-6-4-2/h16,18-22,26-27,35-37,41-42H,3-15,17,23-25,28-34,40H2,1-2H3,(H,45,46)/b19-18+,20-16-,26-21+,27-22-/t35-,36-,37+/m0/s1. The van der Waals surface area contributed by atoms with Crippen molar-refractivity contribution in [2.45, 2.75) is 161 Å². The molecular formula is C39H70NO10P. The molecule has 0 bridgehead atoms. The number of carbonyl (C=O) groups excluding carboxylic acids is 2. The molecule has 0 saturated heterocycles. The minimum atomic E-state index is -4.44. The normalized spacial score (nSPS) is 15.2. The Bertz CT molecular complexity index is 1020. The van der Waals surface area contributed by atoms with E-state index in [9.17, 15) is 29.3 Å². The number of hydrogen-bond acceptors (Lipinski definition) is 10. The third-order valence-corrected chi connectivity index (χ3v) is 8.89. The van der Waals surface area contributed by atoms with Crippen LogP contribution in [0.3, 0.4) is 0 Å². The Balaban J connectivity index is 4.52. The second-order valence-corrected chi connectivity index (χ2v) is 14.3. The molecule has 0 radical (unpaired) electrons. The van der Waals surface area contributed by atoms with E-state index in [1.54, 1.807) is 36.5 Å². The van der Waals surface area contributed by atoms with Gasteiger partial charge in [0.1, 0.15) is 6.61 Å². The van der Waals surface area contributed by atoms with Gasteiger partial charge in [-0.05, 0) is 38.5 Å². The molecule has 0 saturated carbocycles. The molecule has 11 nitrogen and oxygen atoms in total. The number of allylic oxidation sites excluding steroid dienone is 5. The summed E-state index contributed by atoms with van der Waals surface area (Å²) in [5, 5.41) is 20.2. The molecule has 5 N–H and O–H groups in total. The van der Waals surface area contributed by atoms with E-state index in [1.165, 1.54) is 64.2 Å². The first kappa shape index (κ1) is 48.9. The van der Waals surface area contributed by atoms with Gasteiger partial charge in [-0.3, -0.25) is 18.6 Å². The smallest absolute Gasteiger partial charge is 0.462 e. The SMILES string of the molecule is CCCCC/C=C\C[C@H](O)/C=C/C=C/C=C\[C@H](O)CCCC(=O)O[C@H](COC(=O)CCCCCCCCCCCCC)COP(=O)(O)OCCN. The molecular weight excluding hydrogens is 673 g/mol. The zero-order chi connectivity index (χ0) is 37.8. The molecule has 296 valence electrons. The molecule has 0 spiro atoms. The van der Waals surface area contributed by atoms with E-state index in [4.69, 9.17) is 24.3 Å². The Morgan fingerprint density at radius 2 is 1.25 bits per heavy atom. The number of carbonyl (C=O) groups is 2. The Kier molecular flexibility index (Phi) is 33.5. The van der Waals surface area contributed by atoms with Crippen LogP contribution >= 0.6 is 7.82 Å². The lowest BCUT2D eigenvalue weighted by molar-refractivity contribution is -0.161. The molecule has 12 heteroatoms. The second-order valence-electron chi connectivity index (χ2n) is 12.9. The van der Waals surface area contributed by atoms with Gasteiger partial charge in [-0.15, -0.1) is 0 Å². The lowest BCUT2D eigenvalue weighted by Crippen LogP contribution is -2.29. The van der Waals surface area contributed by atoms with Gasteiger partial charge in [0, 0.05) is 19.4 Å². The maximum atomic E-state index is 12.5. The van der Waals surface area contributed by atoms with Gasteiger partial charge < -0.3 is 30.3 Å². The summed E-state index contributed by atoms with van der Waals surface area (Å²) in [7, 11) is -4.44. The summed E-state index contributed by atoms with van der Waals surface area (Å²) in [6.07, 6.45) is 30.6. The Morgan fingerprint density at radius 3 is 1.88 bits per heavy atom. The highest BCUT2D eigenvalue weighted by Gasteiger charge is 2.26. The van der Waals surface area contributed by atoms with Crippen molar-refractivity contribution in [3.05, 3.63) is 48.6 Å². The summed E-state index contributed by atoms with van der Waals surface area (Å²) in [5.74, 6) is -1.07. The molecule has 0 aromatic rings. The molecule has 0 rings (SSSR count). The minimum absolute atomic E-state index is 0.0128. The maximum Gasteiger partial charge on any atom is 0.472 e. The molecule has 0 amide bonds. The van der Waals surface area contributed by atoms with E-state index in [0.717, 1.165) is 25.7 Å². The highest BCUT2D eigenvalue weighted by atomic mass is 31.2. The summed E-state index contributed by atoms with van der Waals surface area (Å²) in [4.78, 5) is 34.7.